The highest BCUT2D eigenvalue weighted by atomic mass is 79.9. The highest BCUT2D eigenvalue weighted by molar-refractivity contribution is 9.09. The number of ether oxygens (including phenoxy) is 1. The minimum absolute atomic E-state index is 0.0419. The summed E-state index contributed by atoms with van der Waals surface area (Å²) in [5.41, 5.74) is 1.07. The van der Waals surface area contributed by atoms with E-state index in [1.54, 1.807) is 0 Å². The maximum Gasteiger partial charge on any atom is 0.190 e. The zero-order chi connectivity index (χ0) is 13.7. The van der Waals surface area contributed by atoms with Crippen molar-refractivity contribution in [3.8, 4) is 5.75 Å². The molecule has 0 spiro atoms. The highest BCUT2D eigenvalue weighted by Crippen LogP contribution is 2.24. The number of halogens is 3. The van der Waals surface area contributed by atoms with Crippen LogP contribution in [-0.4, -0.2) is 11.9 Å². The molecular weight excluding hydrogens is 314 g/mol. The van der Waals surface area contributed by atoms with Gasteiger partial charge in [0.15, 0.2) is 17.4 Å². The van der Waals surface area contributed by atoms with Gasteiger partial charge in [-0.25, -0.2) is 8.78 Å². The molecule has 4 heteroatoms. The van der Waals surface area contributed by atoms with Crippen LogP contribution in [0.2, 0.25) is 0 Å². The number of para-hydroxylation sites is 1. The summed E-state index contributed by atoms with van der Waals surface area (Å²) in [6, 6.07) is 13.4. The van der Waals surface area contributed by atoms with Gasteiger partial charge in [0, 0.05) is 11.2 Å². The largest absolute Gasteiger partial charge is 0.487 e. The van der Waals surface area contributed by atoms with Crippen molar-refractivity contribution in [3.63, 3.8) is 0 Å². The van der Waals surface area contributed by atoms with Crippen LogP contribution in [0.3, 0.4) is 0 Å². The molecule has 0 radical (unpaired) electrons. The van der Waals surface area contributed by atoms with Gasteiger partial charge in [0.2, 0.25) is 0 Å². The molecule has 0 aliphatic carbocycles. The molecule has 0 amide bonds. The first kappa shape index (κ1) is 14.0. The zero-order valence-electron chi connectivity index (χ0n) is 10.2. The first-order chi connectivity index (χ1) is 9.22. The average Bonchev–Trinajstić information content (AvgIpc) is 2.43. The summed E-state index contributed by atoms with van der Waals surface area (Å²) in [6.45, 7) is 0.215. The fraction of sp³-hybridized carbons (Fsp3) is 0.200. The number of rotatable bonds is 5. The van der Waals surface area contributed by atoms with Gasteiger partial charge in [-0.2, -0.15) is 0 Å². The summed E-state index contributed by atoms with van der Waals surface area (Å²) in [7, 11) is 0. The first-order valence-corrected chi connectivity index (χ1v) is 7.02. The quantitative estimate of drug-likeness (QED) is 0.734. The van der Waals surface area contributed by atoms with Crippen LogP contribution in [0.25, 0.3) is 0 Å². The maximum atomic E-state index is 13.4. The monoisotopic (exact) mass is 326 g/mol. The molecule has 0 heterocycles. The summed E-state index contributed by atoms with van der Waals surface area (Å²) < 4.78 is 32.2. The van der Waals surface area contributed by atoms with E-state index in [0.717, 1.165) is 5.56 Å². The van der Waals surface area contributed by atoms with E-state index in [0.29, 0.717) is 5.33 Å². The topological polar surface area (TPSA) is 9.23 Å². The number of benzene rings is 2. The average molecular weight is 327 g/mol. The summed E-state index contributed by atoms with van der Waals surface area (Å²) >= 11 is 3.40. The van der Waals surface area contributed by atoms with Gasteiger partial charge in [-0.3, -0.25) is 0 Å². The molecule has 0 fully saturated rings. The van der Waals surface area contributed by atoms with Gasteiger partial charge in [-0.1, -0.05) is 52.3 Å². The Morgan fingerprint density at radius 2 is 1.58 bits per heavy atom. The van der Waals surface area contributed by atoms with Crippen LogP contribution in [0.4, 0.5) is 8.78 Å². The Labute approximate surface area is 119 Å². The van der Waals surface area contributed by atoms with Crippen LogP contribution in [0.5, 0.6) is 5.75 Å². The summed E-state index contributed by atoms with van der Waals surface area (Å²) in [5, 5.41) is 0.660. The molecule has 0 aliphatic heterocycles. The summed E-state index contributed by atoms with van der Waals surface area (Å²) in [4.78, 5) is 0. The van der Waals surface area contributed by atoms with Crippen molar-refractivity contribution in [1.82, 2.24) is 0 Å². The molecule has 0 saturated heterocycles. The molecule has 1 unspecified atom stereocenters. The molecule has 1 nitrogen and oxygen atoms in total. The third-order valence-corrected chi connectivity index (χ3v) is 3.59. The van der Waals surface area contributed by atoms with E-state index in [2.05, 4.69) is 15.9 Å². The minimum atomic E-state index is -0.679. The lowest BCUT2D eigenvalue weighted by molar-refractivity contribution is 0.269. The Hall–Kier alpha value is -1.42. The molecule has 0 bridgehead atoms. The van der Waals surface area contributed by atoms with E-state index in [1.807, 2.05) is 30.3 Å². The van der Waals surface area contributed by atoms with Crippen molar-refractivity contribution in [2.24, 2.45) is 0 Å². The third kappa shape index (κ3) is 3.53. The second-order valence-corrected chi connectivity index (χ2v) is 4.77. The lowest BCUT2D eigenvalue weighted by atomic mass is 10.0. The van der Waals surface area contributed by atoms with Crippen LogP contribution < -0.4 is 4.74 Å². The van der Waals surface area contributed by atoms with Crippen molar-refractivity contribution < 1.29 is 13.5 Å². The molecule has 2 rings (SSSR count). The van der Waals surface area contributed by atoms with Crippen LogP contribution in [0.15, 0.2) is 48.5 Å². The molecule has 1 atom stereocenters. The zero-order valence-corrected chi connectivity index (χ0v) is 11.7. The summed E-state index contributed by atoms with van der Waals surface area (Å²) in [6.07, 6.45) is 0. The molecule has 100 valence electrons. The standard InChI is InChI=1S/C15H13BrF2O/c16-9-12(11-5-2-1-3-6-11)10-19-15-13(17)7-4-8-14(15)18/h1-8,12H,9-10H2. The van der Waals surface area contributed by atoms with Crippen LogP contribution in [0, 0.1) is 11.6 Å². The van der Waals surface area contributed by atoms with Crippen molar-refractivity contribution in [1.29, 1.82) is 0 Å². The smallest absolute Gasteiger partial charge is 0.190 e. The van der Waals surface area contributed by atoms with E-state index in [4.69, 9.17) is 4.74 Å². The van der Waals surface area contributed by atoms with Crippen molar-refractivity contribution in [3.05, 3.63) is 65.7 Å². The van der Waals surface area contributed by atoms with Gasteiger partial charge in [0.05, 0.1) is 6.61 Å². The molecule has 2 aromatic carbocycles. The SMILES string of the molecule is Fc1cccc(F)c1OCC(CBr)c1ccccc1. The molecule has 0 aliphatic rings. The van der Waals surface area contributed by atoms with Gasteiger partial charge in [-0.15, -0.1) is 0 Å². The Balaban J connectivity index is 2.09. The first-order valence-electron chi connectivity index (χ1n) is 5.90. The lowest BCUT2D eigenvalue weighted by Gasteiger charge is -2.16. The van der Waals surface area contributed by atoms with E-state index in [9.17, 15) is 8.78 Å². The third-order valence-electron chi connectivity index (χ3n) is 2.81. The van der Waals surface area contributed by atoms with Gasteiger partial charge >= 0.3 is 0 Å². The Morgan fingerprint density at radius 3 is 2.16 bits per heavy atom. The Bertz CT molecular complexity index is 511. The van der Waals surface area contributed by atoms with E-state index < -0.39 is 11.6 Å². The highest BCUT2D eigenvalue weighted by Gasteiger charge is 2.14. The van der Waals surface area contributed by atoms with Crippen molar-refractivity contribution >= 4 is 15.9 Å². The van der Waals surface area contributed by atoms with Gasteiger partial charge < -0.3 is 4.74 Å². The summed E-state index contributed by atoms with van der Waals surface area (Å²) in [5.74, 6) is -1.63. The molecule has 2 aromatic rings. The van der Waals surface area contributed by atoms with Gasteiger partial charge in [0.1, 0.15) is 0 Å². The maximum absolute atomic E-state index is 13.4. The lowest BCUT2D eigenvalue weighted by Crippen LogP contribution is -2.13. The predicted octanol–water partition coefficient (Wildman–Crippen LogP) is 4.52. The second-order valence-electron chi connectivity index (χ2n) is 4.12. The Morgan fingerprint density at radius 1 is 0.947 bits per heavy atom. The van der Waals surface area contributed by atoms with Crippen LogP contribution >= 0.6 is 15.9 Å². The molecule has 0 saturated carbocycles. The van der Waals surface area contributed by atoms with E-state index in [-0.39, 0.29) is 18.3 Å². The normalized spacial score (nSPS) is 12.2. The fourth-order valence-corrected chi connectivity index (χ4v) is 2.32. The number of alkyl halides is 1. The molecule has 19 heavy (non-hydrogen) atoms. The van der Waals surface area contributed by atoms with Crippen LogP contribution in [0.1, 0.15) is 11.5 Å². The number of hydrogen-bond acceptors (Lipinski definition) is 1. The molecule has 0 aromatic heterocycles. The van der Waals surface area contributed by atoms with Gasteiger partial charge in [-0.05, 0) is 17.7 Å². The second kappa shape index (κ2) is 6.66. The Kier molecular flexibility index (Phi) is 4.91. The number of hydrogen-bond donors (Lipinski definition) is 0. The van der Waals surface area contributed by atoms with Crippen LogP contribution in [-0.2, 0) is 0 Å². The van der Waals surface area contributed by atoms with Crippen molar-refractivity contribution in [2.45, 2.75) is 5.92 Å². The van der Waals surface area contributed by atoms with Gasteiger partial charge in [0.25, 0.3) is 0 Å². The predicted molar refractivity (Wildman–Crippen MR) is 74.8 cm³/mol. The fourth-order valence-electron chi connectivity index (χ4n) is 1.76. The van der Waals surface area contributed by atoms with Crippen molar-refractivity contribution in [2.75, 3.05) is 11.9 Å². The van der Waals surface area contributed by atoms with E-state index in [1.165, 1.54) is 18.2 Å². The molecule has 0 N–H and O–H groups in total. The molecular formula is C15H13BrF2O. The minimum Gasteiger partial charge on any atom is -0.487 e. The van der Waals surface area contributed by atoms with E-state index >= 15 is 0 Å².